The van der Waals surface area contributed by atoms with E-state index in [4.69, 9.17) is 16.3 Å². The number of hydrogen-bond acceptors (Lipinski definition) is 5. The minimum atomic E-state index is -0.816. The van der Waals surface area contributed by atoms with Gasteiger partial charge in [0.25, 0.3) is 0 Å². The third-order valence-corrected chi connectivity index (χ3v) is 6.21. The number of carboxylic acids is 1. The van der Waals surface area contributed by atoms with Crippen LogP contribution in [0.15, 0.2) is 61.1 Å². The number of aromatic amines is 1. The number of aryl methyl sites for hydroxylation is 1. The predicted octanol–water partition coefficient (Wildman–Crippen LogP) is 5.41. The summed E-state index contributed by atoms with van der Waals surface area (Å²) in [5, 5.41) is 9.76. The van der Waals surface area contributed by atoms with Crippen molar-refractivity contribution in [3.8, 4) is 39.8 Å². The van der Waals surface area contributed by atoms with E-state index in [1.807, 2.05) is 43.3 Å². The molecule has 5 rings (SSSR count). The third kappa shape index (κ3) is 4.19. The standard InChI is InChI=1S/C25H21ClN4O3/c1-15-9-21(33-14-25(7-8-25)24(31)32)27-12-18(15)17-10-19(26)22(28-11-17)23-29-13-20(30-23)16-5-3-2-4-6-16/h2-6,9-13H,7-8,14H2,1H3,(H,29,30)(H,31,32). The van der Waals surface area contributed by atoms with Crippen molar-refractivity contribution in [3.63, 3.8) is 0 Å². The zero-order valence-corrected chi connectivity index (χ0v) is 18.6. The maximum atomic E-state index is 11.3. The van der Waals surface area contributed by atoms with Gasteiger partial charge in [0, 0.05) is 29.6 Å². The van der Waals surface area contributed by atoms with Crippen molar-refractivity contribution >= 4 is 17.6 Å². The number of H-pyrrole nitrogens is 1. The summed E-state index contributed by atoms with van der Waals surface area (Å²) >= 11 is 6.57. The maximum absolute atomic E-state index is 11.3. The molecule has 0 aliphatic heterocycles. The molecule has 0 saturated heterocycles. The van der Waals surface area contributed by atoms with Crippen molar-refractivity contribution in [1.29, 1.82) is 0 Å². The summed E-state index contributed by atoms with van der Waals surface area (Å²) in [6, 6.07) is 13.6. The number of carbonyl (C=O) groups is 1. The number of pyridine rings is 2. The molecule has 3 aromatic heterocycles. The first-order chi connectivity index (χ1) is 15.9. The Balaban J connectivity index is 1.35. The molecule has 0 bridgehead atoms. The summed E-state index contributed by atoms with van der Waals surface area (Å²) in [6.07, 6.45) is 6.47. The molecule has 8 heteroatoms. The lowest BCUT2D eigenvalue weighted by molar-refractivity contribution is -0.144. The van der Waals surface area contributed by atoms with Gasteiger partial charge in [-0.05, 0) is 37.0 Å². The molecule has 166 valence electrons. The molecule has 0 atom stereocenters. The van der Waals surface area contributed by atoms with E-state index in [1.54, 1.807) is 24.7 Å². The van der Waals surface area contributed by atoms with Crippen LogP contribution in [0.25, 0.3) is 33.9 Å². The number of benzene rings is 1. The van der Waals surface area contributed by atoms with Crippen LogP contribution in [-0.4, -0.2) is 37.6 Å². The largest absolute Gasteiger partial charge is 0.481 e. The van der Waals surface area contributed by atoms with Crippen LogP contribution >= 0.6 is 11.6 Å². The molecule has 33 heavy (non-hydrogen) atoms. The van der Waals surface area contributed by atoms with E-state index in [0.717, 1.165) is 27.9 Å². The minimum Gasteiger partial charge on any atom is -0.481 e. The van der Waals surface area contributed by atoms with Crippen LogP contribution in [0.3, 0.4) is 0 Å². The molecule has 2 N–H and O–H groups in total. The molecule has 1 fully saturated rings. The number of carboxylic acid groups (broad SMARTS) is 1. The van der Waals surface area contributed by atoms with Gasteiger partial charge in [-0.2, -0.15) is 0 Å². The Bertz CT molecular complexity index is 1330. The highest BCUT2D eigenvalue weighted by Crippen LogP contribution is 2.46. The van der Waals surface area contributed by atoms with Gasteiger partial charge in [-0.15, -0.1) is 0 Å². The van der Waals surface area contributed by atoms with Gasteiger partial charge in [0.15, 0.2) is 5.82 Å². The molecule has 7 nitrogen and oxygen atoms in total. The Morgan fingerprint density at radius 3 is 2.55 bits per heavy atom. The highest BCUT2D eigenvalue weighted by atomic mass is 35.5. The summed E-state index contributed by atoms with van der Waals surface area (Å²) in [4.78, 5) is 27.9. The van der Waals surface area contributed by atoms with Gasteiger partial charge in [-0.3, -0.25) is 9.78 Å². The van der Waals surface area contributed by atoms with Crippen LogP contribution in [0.2, 0.25) is 5.02 Å². The molecular formula is C25H21ClN4O3. The summed E-state index contributed by atoms with van der Waals surface area (Å²) in [7, 11) is 0. The lowest BCUT2D eigenvalue weighted by atomic mass is 10.0. The van der Waals surface area contributed by atoms with Gasteiger partial charge in [0.05, 0.1) is 16.9 Å². The first kappa shape index (κ1) is 21.2. The van der Waals surface area contributed by atoms with Crippen LogP contribution in [-0.2, 0) is 4.79 Å². The fraction of sp³-hybridized carbons (Fsp3) is 0.200. The Hall–Kier alpha value is -3.71. The first-order valence-electron chi connectivity index (χ1n) is 10.5. The molecule has 0 radical (unpaired) electrons. The van der Waals surface area contributed by atoms with Crippen molar-refractivity contribution in [3.05, 3.63) is 71.6 Å². The lowest BCUT2D eigenvalue weighted by Crippen LogP contribution is -2.23. The van der Waals surface area contributed by atoms with E-state index in [2.05, 4.69) is 19.9 Å². The van der Waals surface area contributed by atoms with E-state index < -0.39 is 11.4 Å². The predicted molar refractivity (Wildman–Crippen MR) is 125 cm³/mol. The molecule has 1 aliphatic rings. The van der Waals surface area contributed by atoms with Crippen molar-refractivity contribution in [1.82, 2.24) is 19.9 Å². The van der Waals surface area contributed by atoms with Crippen LogP contribution < -0.4 is 4.74 Å². The van der Waals surface area contributed by atoms with Crippen molar-refractivity contribution in [2.45, 2.75) is 19.8 Å². The lowest BCUT2D eigenvalue weighted by Gasteiger charge is -2.13. The van der Waals surface area contributed by atoms with Crippen molar-refractivity contribution < 1.29 is 14.6 Å². The van der Waals surface area contributed by atoms with Crippen molar-refractivity contribution in [2.24, 2.45) is 5.41 Å². The molecule has 0 amide bonds. The molecular weight excluding hydrogens is 440 g/mol. The number of imidazole rings is 1. The first-order valence-corrected chi connectivity index (χ1v) is 10.9. The molecule has 1 aliphatic carbocycles. The van der Waals surface area contributed by atoms with E-state index in [-0.39, 0.29) is 6.61 Å². The zero-order valence-electron chi connectivity index (χ0n) is 17.9. The Morgan fingerprint density at radius 2 is 1.88 bits per heavy atom. The Labute approximate surface area is 195 Å². The average Bonchev–Trinajstić information content (AvgIpc) is 3.47. The Morgan fingerprint density at radius 1 is 1.09 bits per heavy atom. The number of nitrogens with one attached hydrogen (secondary N) is 1. The highest BCUT2D eigenvalue weighted by Gasteiger charge is 2.51. The number of aromatic nitrogens is 4. The zero-order chi connectivity index (χ0) is 23.0. The van der Waals surface area contributed by atoms with Gasteiger partial charge in [0.1, 0.15) is 17.7 Å². The number of halogens is 1. The highest BCUT2D eigenvalue weighted by molar-refractivity contribution is 6.33. The van der Waals surface area contributed by atoms with Crippen LogP contribution in [0, 0.1) is 12.3 Å². The van der Waals surface area contributed by atoms with Crippen molar-refractivity contribution in [2.75, 3.05) is 6.61 Å². The summed E-state index contributed by atoms with van der Waals surface area (Å²) in [5.74, 6) is 0.184. The molecule has 4 aromatic rings. The van der Waals surface area contributed by atoms with Crippen LogP contribution in [0.1, 0.15) is 18.4 Å². The smallest absolute Gasteiger partial charge is 0.313 e. The second-order valence-electron chi connectivity index (χ2n) is 8.28. The normalized spacial score (nSPS) is 14.1. The number of ether oxygens (including phenoxy) is 1. The Kier molecular flexibility index (Phi) is 5.34. The topological polar surface area (TPSA) is 101 Å². The van der Waals surface area contributed by atoms with E-state index in [1.165, 1.54) is 0 Å². The van der Waals surface area contributed by atoms with E-state index >= 15 is 0 Å². The molecule has 0 unspecified atom stereocenters. The SMILES string of the molecule is Cc1cc(OCC2(C(=O)O)CC2)ncc1-c1cnc(-c2ncc(-c3ccccc3)[nH]2)c(Cl)c1. The summed E-state index contributed by atoms with van der Waals surface area (Å²) in [5.41, 5.74) is 4.34. The van der Waals surface area contributed by atoms with Gasteiger partial charge < -0.3 is 14.8 Å². The maximum Gasteiger partial charge on any atom is 0.313 e. The second kappa shape index (κ2) is 8.33. The number of hydrogen-bond donors (Lipinski definition) is 2. The average molecular weight is 461 g/mol. The monoisotopic (exact) mass is 460 g/mol. The van der Waals surface area contributed by atoms with Gasteiger partial charge in [0.2, 0.25) is 5.88 Å². The van der Waals surface area contributed by atoms with Crippen LogP contribution in [0.4, 0.5) is 0 Å². The molecule has 3 heterocycles. The quantitative estimate of drug-likeness (QED) is 0.382. The second-order valence-corrected chi connectivity index (χ2v) is 8.68. The molecule has 0 spiro atoms. The van der Waals surface area contributed by atoms with E-state index in [9.17, 15) is 9.90 Å². The fourth-order valence-corrected chi connectivity index (χ4v) is 3.92. The third-order valence-electron chi connectivity index (χ3n) is 5.93. The van der Waals surface area contributed by atoms with Crippen LogP contribution in [0.5, 0.6) is 5.88 Å². The minimum absolute atomic E-state index is 0.129. The number of aliphatic carboxylic acids is 1. The van der Waals surface area contributed by atoms with Gasteiger partial charge in [-0.25, -0.2) is 9.97 Å². The summed E-state index contributed by atoms with van der Waals surface area (Å²) in [6.45, 7) is 2.07. The number of rotatable bonds is 7. The summed E-state index contributed by atoms with van der Waals surface area (Å²) < 4.78 is 5.66. The number of nitrogens with zero attached hydrogens (tertiary/aromatic N) is 3. The van der Waals surface area contributed by atoms with E-state index in [0.29, 0.717) is 35.3 Å². The van der Waals surface area contributed by atoms with Gasteiger partial charge in [-0.1, -0.05) is 41.9 Å². The molecule has 1 saturated carbocycles. The fourth-order valence-electron chi connectivity index (χ4n) is 3.66. The molecule has 1 aromatic carbocycles. The van der Waals surface area contributed by atoms with Gasteiger partial charge >= 0.3 is 5.97 Å².